The first-order chi connectivity index (χ1) is 31.7. The molecule has 0 fully saturated rings. The number of fused-ring (bicyclic) bond motifs is 6. The van der Waals surface area contributed by atoms with Crippen molar-refractivity contribution >= 4 is 170 Å². The van der Waals surface area contributed by atoms with Gasteiger partial charge in [0.15, 0.2) is 0 Å². The van der Waals surface area contributed by atoms with Crippen LogP contribution in [-0.4, -0.2) is 88.0 Å². The third-order valence-corrected chi connectivity index (χ3v) is 16.7. The number of imidazole rings is 1. The van der Waals surface area contributed by atoms with Crippen LogP contribution in [0.4, 0.5) is 0 Å². The van der Waals surface area contributed by atoms with E-state index in [1.54, 1.807) is 0 Å². The molecule has 0 spiro atoms. The standard InChI is InChI=1S/C53H46B10N2S/c54-46-43(47(55)49(57)50(58)48(46)56)29-24-25-33-36(26-29)44(35-14-9-19-41-45(35)34-13-4-8-18-40(34)66-41)32-12-2-1-11-31(32)42(33)28-22-20-27(21-23-28)30-10-3-6-16-38(30)65-39-17-7-5-15-37(39)64-51(65)52(59,60)53(61,62)63/h1-26H,54-63H2. The third kappa shape index (κ3) is 6.48. The highest BCUT2D eigenvalue weighted by Crippen LogP contribution is 2.49. The molecule has 9 aromatic carbocycles. The summed E-state index contributed by atoms with van der Waals surface area (Å²) in [5, 5.41) is 7.46. The highest BCUT2D eigenvalue weighted by molar-refractivity contribution is 7.26. The second kappa shape index (κ2) is 15.7. The second-order valence-electron chi connectivity index (χ2n) is 20.1. The number of hydrogen-bond donors (Lipinski definition) is 0. The number of benzene rings is 9. The average molecular weight is 851 g/mol. The van der Waals surface area contributed by atoms with Gasteiger partial charge in [-0.1, -0.05) is 132 Å². The average Bonchev–Trinajstić information content (AvgIpc) is 3.92. The minimum Gasteiger partial charge on any atom is -0.296 e. The number of thiophene rings is 1. The van der Waals surface area contributed by atoms with Crippen LogP contribution in [0.5, 0.6) is 0 Å². The summed E-state index contributed by atoms with van der Waals surface area (Å²) in [6, 6.07) is 59.0. The SMILES string of the molecule is Bc1c(B)c(B)c(-c2ccc3c(-c4ccc(-c5ccccc5-n5c(C(B)(B)C(B)(B)B)nc6ccccc65)cc4)c4ccccc4c(-c4cccc5sc6ccccc6c45)c3c2)c(B)c1B. The van der Waals surface area contributed by atoms with E-state index in [9.17, 15) is 0 Å². The lowest BCUT2D eigenvalue weighted by atomic mass is 9.23. The molecule has 0 saturated heterocycles. The van der Waals surface area contributed by atoms with Gasteiger partial charge < -0.3 is 0 Å². The molecule has 0 aliphatic rings. The van der Waals surface area contributed by atoms with Gasteiger partial charge in [-0.15, -0.1) is 32.8 Å². The molecule has 0 aliphatic carbocycles. The van der Waals surface area contributed by atoms with Crippen LogP contribution < -0.4 is 27.3 Å². The fourth-order valence-electron chi connectivity index (χ4n) is 10.6. The zero-order valence-electron chi connectivity index (χ0n) is 39.8. The van der Waals surface area contributed by atoms with E-state index in [0.29, 0.717) is 0 Å². The van der Waals surface area contributed by atoms with Gasteiger partial charge in [-0.3, -0.25) is 4.57 Å². The van der Waals surface area contributed by atoms with E-state index in [1.165, 1.54) is 114 Å². The van der Waals surface area contributed by atoms with Gasteiger partial charge in [0, 0.05) is 25.7 Å². The molecular formula is C53H46B10N2S. The topological polar surface area (TPSA) is 17.8 Å². The van der Waals surface area contributed by atoms with Crippen molar-refractivity contribution in [2.24, 2.45) is 0 Å². The minimum atomic E-state index is -0.215. The number of rotatable bonds is 7. The van der Waals surface area contributed by atoms with Crippen LogP contribution in [0.1, 0.15) is 5.82 Å². The van der Waals surface area contributed by atoms with Gasteiger partial charge >= 0.3 is 0 Å². The van der Waals surface area contributed by atoms with Crippen LogP contribution in [-0.2, 0) is 5.21 Å². The second-order valence-corrected chi connectivity index (χ2v) is 21.1. The predicted molar refractivity (Wildman–Crippen MR) is 319 cm³/mol. The molecule has 11 rings (SSSR count). The molecular weight excluding hydrogens is 805 g/mol. The number of para-hydroxylation sites is 3. The molecule has 304 valence electrons. The maximum absolute atomic E-state index is 5.34. The van der Waals surface area contributed by atoms with E-state index in [2.05, 4.69) is 241 Å². The lowest BCUT2D eigenvalue weighted by molar-refractivity contribution is 0.757. The summed E-state index contributed by atoms with van der Waals surface area (Å²) in [6.45, 7) is 0. The maximum atomic E-state index is 5.34. The van der Waals surface area contributed by atoms with Crippen molar-refractivity contribution in [3.63, 3.8) is 0 Å². The molecule has 13 heteroatoms. The van der Waals surface area contributed by atoms with Crippen LogP contribution in [0.2, 0.25) is 5.11 Å². The van der Waals surface area contributed by atoms with E-state index >= 15 is 0 Å². The van der Waals surface area contributed by atoms with Crippen molar-refractivity contribution in [3.8, 4) is 50.2 Å². The van der Waals surface area contributed by atoms with Crippen molar-refractivity contribution < 1.29 is 0 Å². The van der Waals surface area contributed by atoms with Gasteiger partial charge in [0.2, 0.25) is 0 Å². The summed E-state index contributed by atoms with van der Waals surface area (Å²) in [6.07, 6.45) is 0. The molecule has 0 amide bonds. The molecule has 0 saturated carbocycles. The normalized spacial score (nSPS) is 12.2. The van der Waals surface area contributed by atoms with Crippen molar-refractivity contribution in [1.82, 2.24) is 9.55 Å². The lowest BCUT2D eigenvalue weighted by Crippen LogP contribution is -2.55. The molecule has 0 atom stereocenters. The Labute approximate surface area is 401 Å². The van der Waals surface area contributed by atoms with Crippen molar-refractivity contribution in [3.05, 3.63) is 164 Å². The zero-order valence-corrected chi connectivity index (χ0v) is 40.6. The lowest BCUT2D eigenvalue weighted by Gasteiger charge is -2.39. The van der Waals surface area contributed by atoms with E-state index < -0.39 is 0 Å². The Balaban J connectivity index is 1.16. The molecule has 11 aromatic rings. The molecule has 0 bridgehead atoms. The Hall–Kier alpha value is -6.16. The summed E-state index contributed by atoms with van der Waals surface area (Å²) in [7, 11) is 23.1. The number of hydrogen-bond acceptors (Lipinski definition) is 2. The van der Waals surface area contributed by atoms with Gasteiger partial charge in [0.25, 0.3) is 0 Å². The highest BCUT2D eigenvalue weighted by atomic mass is 32.1. The van der Waals surface area contributed by atoms with Gasteiger partial charge in [0.05, 0.1) is 40.3 Å². The van der Waals surface area contributed by atoms with Crippen LogP contribution in [0.25, 0.3) is 103 Å². The smallest absolute Gasteiger partial charge is 0.139 e. The molecule has 0 aliphatic heterocycles. The molecule has 2 nitrogen and oxygen atoms in total. The van der Waals surface area contributed by atoms with Crippen molar-refractivity contribution in [2.45, 2.75) is 10.3 Å². The van der Waals surface area contributed by atoms with Gasteiger partial charge in [-0.25, -0.2) is 4.98 Å². The van der Waals surface area contributed by atoms with E-state index in [0.717, 1.165) is 22.5 Å². The summed E-state index contributed by atoms with van der Waals surface area (Å²) < 4.78 is 5.05. The minimum absolute atomic E-state index is 0.0235. The van der Waals surface area contributed by atoms with Crippen LogP contribution in [0.3, 0.4) is 0 Å². The molecule has 0 unspecified atom stereocenters. The first-order valence-electron chi connectivity index (χ1n) is 23.4. The van der Waals surface area contributed by atoms with Crippen LogP contribution in [0.15, 0.2) is 158 Å². The monoisotopic (exact) mass is 852 g/mol. The largest absolute Gasteiger partial charge is 0.296 e. The maximum Gasteiger partial charge on any atom is 0.139 e. The number of nitrogens with zero attached hydrogens (tertiary/aromatic N) is 2. The third-order valence-electron chi connectivity index (χ3n) is 15.6. The van der Waals surface area contributed by atoms with Crippen molar-refractivity contribution in [1.29, 1.82) is 0 Å². The van der Waals surface area contributed by atoms with E-state index in [1.807, 2.05) is 11.3 Å². The van der Waals surface area contributed by atoms with E-state index in [4.69, 9.17) is 4.98 Å². The summed E-state index contributed by atoms with van der Waals surface area (Å²) in [4.78, 5) is 5.34. The van der Waals surface area contributed by atoms with Gasteiger partial charge in [0.1, 0.15) is 60.7 Å². The summed E-state index contributed by atoms with van der Waals surface area (Å²) >= 11 is 1.89. The van der Waals surface area contributed by atoms with Crippen LogP contribution >= 0.6 is 11.3 Å². The first kappa shape index (κ1) is 42.5. The van der Waals surface area contributed by atoms with Gasteiger partial charge in [-0.2, -0.15) is 0 Å². The molecule has 0 radical (unpaired) electrons. The molecule has 0 N–H and O–H groups in total. The summed E-state index contributed by atoms with van der Waals surface area (Å²) in [5.41, 5.74) is 20.1. The molecule has 2 aromatic heterocycles. The summed E-state index contributed by atoms with van der Waals surface area (Å²) in [5.74, 6) is 1.07. The predicted octanol–water partition coefficient (Wildman–Crippen LogP) is 1.05. The Kier molecular flexibility index (Phi) is 10.1. The van der Waals surface area contributed by atoms with Crippen molar-refractivity contribution in [2.75, 3.05) is 0 Å². The van der Waals surface area contributed by atoms with Gasteiger partial charge in [-0.05, 0) is 102 Å². The molecule has 2 heterocycles. The highest BCUT2D eigenvalue weighted by Gasteiger charge is 2.39. The fourth-order valence-corrected chi connectivity index (χ4v) is 11.7. The molecule has 66 heavy (non-hydrogen) atoms. The first-order valence-corrected chi connectivity index (χ1v) is 24.2. The Morgan fingerprint density at radius 2 is 0.970 bits per heavy atom. The fraction of sp³-hybridized carbons (Fsp3) is 0.0377. The Morgan fingerprint density at radius 1 is 0.424 bits per heavy atom. The Morgan fingerprint density at radius 3 is 1.70 bits per heavy atom. The van der Waals surface area contributed by atoms with E-state index in [-0.39, 0.29) is 10.3 Å². The van der Waals surface area contributed by atoms with Crippen LogP contribution in [0, 0.1) is 0 Å². The number of aromatic nitrogens is 2. The zero-order chi connectivity index (χ0) is 45.8. The Bertz CT molecular complexity index is 3770. The quantitative estimate of drug-likeness (QED) is 0.174.